The lowest BCUT2D eigenvalue weighted by Crippen LogP contribution is -2.56. The first-order valence-corrected chi connectivity index (χ1v) is 11.3. The SMILES string of the molecule is CC(C)(C)C1CCC2(CC1)C(Nc1cccc(C(F)(F)F)c1)=NC(=S)N2c1ccccc1. The molecule has 2 aromatic rings. The van der Waals surface area contributed by atoms with Crippen molar-refractivity contribution in [3.05, 3.63) is 60.2 Å². The van der Waals surface area contributed by atoms with Crippen molar-refractivity contribution in [2.75, 3.05) is 10.2 Å². The van der Waals surface area contributed by atoms with Gasteiger partial charge >= 0.3 is 6.18 Å². The Morgan fingerprint density at radius 1 is 1.00 bits per heavy atom. The van der Waals surface area contributed by atoms with Crippen LogP contribution in [0.5, 0.6) is 0 Å². The van der Waals surface area contributed by atoms with Gasteiger partial charge in [0.15, 0.2) is 0 Å². The van der Waals surface area contributed by atoms with E-state index in [1.165, 1.54) is 6.07 Å². The molecule has 0 unspecified atom stereocenters. The molecule has 0 saturated heterocycles. The highest BCUT2D eigenvalue weighted by atomic mass is 32.1. The highest BCUT2D eigenvalue weighted by Crippen LogP contribution is 2.48. The first-order chi connectivity index (χ1) is 15.0. The lowest BCUT2D eigenvalue weighted by Gasteiger charge is -2.47. The summed E-state index contributed by atoms with van der Waals surface area (Å²) in [5, 5.41) is 3.66. The van der Waals surface area contributed by atoms with Gasteiger partial charge in [-0.05, 0) is 79.6 Å². The molecule has 0 atom stereocenters. The van der Waals surface area contributed by atoms with E-state index in [0.717, 1.165) is 43.5 Å². The predicted octanol–water partition coefficient (Wildman–Crippen LogP) is 7.30. The number of anilines is 2. The molecule has 170 valence electrons. The van der Waals surface area contributed by atoms with Crippen molar-refractivity contribution in [3.63, 3.8) is 0 Å². The zero-order valence-corrected chi connectivity index (χ0v) is 19.4. The molecule has 1 fully saturated rings. The summed E-state index contributed by atoms with van der Waals surface area (Å²) in [5.41, 5.74) is 0.345. The van der Waals surface area contributed by atoms with E-state index in [2.05, 4.69) is 36.0 Å². The monoisotopic (exact) mass is 459 g/mol. The van der Waals surface area contributed by atoms with Gasteiger partial charge in [0, 0.05) is 11.4 Å². The molecule has 32 heavy (non-hydrogen) atoms. The van der Waals surface area contributed by atoms with Gasteiger partial charge in [-0.2, -0.15) is 13.2 Å². The number of thiocarbonyl (C=S) groups is 1. The number of nitrogens with one attached hydrogen (secondary N) is 1. The lowest BCUT2D eigenvalue weighted by atomic mass is 9.66. The van der Waals surface area contributed by atoms with Crippen LogP contribution in [-0.4, -0.2) is 16.5 Å². The molecule has 1 spiro atoms. The molecule has 7 heteroatoms. The molecule has 0 bridgehead atoms. The van der Waals surface area contributed by atoms with Crippen molar-refractivity contribution < 1.29 is 13.2 Å². The summed E-state index contributed by atoms with van der Waals surface area (Å²) in [6.07, 6.45) is -0.746. The van der Waals surface area contributed by atoms with E-state index in [0.29, 0.717) is 22.6 Å². The minimum absolute atomic E-state index is 0.198. The van der Waals surface area contributed by atoms with Crippen LogP contribution in [-0.2, 0) is 6.18 Å². The van der Waals surface area contributed by atoms with E-state index in [1.54, 1.807) is 6.07 Å². The van der Waals surface area contributed by atoms with Crippen molar-refractivity contribution in [1.29, 1.82) is 0 Å². The summed E-state index contributed by atoms with van der Waals surface area (Å²) in [7, 11) is 0. The maximum Gasteiger partial charge on any atom is 0.416 e. The third-order valence-electron chi connectivity index (χ3n) is 6.77. The standard InChI is InChI=1S/C25H28F3N3S/c1-23(2,3)17-12-14-24(15-13-17)21(29-19-9-7-8-18(16-19)25(26,27)28)30-22(32)31(24)20-10-5-4-6-11-20/h4-11,16-17H,12-15H2,1-3H3,(H,29,30,32). The average Bonchev–Trinajstić information content (AvgIpc) is 2.98. The number of halogens is 3. The Morgan fingerprint density at radius 2 is 1.66 bits per heavy atom. The Labute approximate surface area is 192 Å². The maximum atomic E-state index is 13.2. The third kappa shape index (κ3) is 4.27. The molecule has 0 aromatic heterocycles. The molecular formula is C25H28F3N3S. The van der Waals surface area contributed by atoms with Crippen molar-refractivity contribution in [1.82, 2.24) is 0 Å². The Kier molecular flexibility index (Phi) is 5.82. The molecule has 1 aliphatic carbocycles. The molecule has 1 heterocycles. The van der Waals surface area contributed by atoms with Crippen LogP contribution < -0.4 is 10.2 Å². The molecule has 4 rings (SSSR count). The highest BCUT2D eigenvalue weighted by molar-refractivity contribution is 7.80. The van der Waals surface area contributed by atoms with Crippen LogP contribution in [0.3, 0.4) is 0 Å². The molecular weight excluding hydrogens is 431 g/mol. The van der Waals surface area contributed by atoms with Gasteiger partial charge in [0.25, 0.3) is 0 Å². The number of hydrogen-bond donors (Lipinski definition) is 1. The number of aliphatic imine (C=N–C) groups is 1. The summed E-state index contributed by atoms with van der Waals surface area (Å²) in [4.78, 5) is 6.77. The molecule has 0 amide bonds. The number of para-hydroxylation sites is 1. The molecule has 0 radical (unpaired) electrons. The van der Waals surface area contributed by atoms with Crippen molar-refractivity contribution in [2.45, 2.75) is 58.2 Å². The quantitative estimate of drug-likeness (QED) is 0.478. The van der Waals surface area contributed by atoms with Crippen LogP contribution in [0.1, 0.15) is 52.0 Å². The zero-order valence-electron chi connectivity index (χ0n) is 18.5. The molecule has 2 aromatic carbocycles. The third-order valence-corrected chi connectivity index (χ3v) is 7.05. The summed E-state index contributed by atoms with van der Waals surface area (Å²) in [6.45, 7) is 6.79. The van der Waals surface area contributed by atoms with Gasteiger partial charge in [0.2, 0.25) is 5.11 Å². The minimum atomic E-state index is -4.40. The van der Waals surface area contributed by atoms with Crippen LogP contribution >= 0.6 is 12.2 Å². The second-order valence-electron chi connectivity index (χ2n) is 9.79. The second kappa shape index (κ2) is 8.18. The number of alkyl halides is 3. The summed E-state index contributed by atoms with van der Waals surface area (Å²) >= 11 is 5.68. The Hall–Kier alpha value is -2.41. The highest BCUT2D eigenvalue weighted by Gasteiger charge is 2.51. The molecule has 1 aliphatic heterocycles. The van der Waals surface area contributed by atoms with Crippen molar-refractivity contribution in [3.8, 4) is 0 Å². The van der Waals surface area contributed by atoms with Gasteiger partial charge in [-0.1, -0.05) is 45.0 Å². The normalized spacial score (nSPS) is 24.1. The fraction of sp³-hybridized carbons (Fsp3) is 0.440. The number of benzene rings is 2. The topological polar surface area (TPSA) is 27.6 Å². The van der Waals surface area contributed by atoms with E-state index in [9.17, 15) is 13.2 Å². The van der Waals surface area contributed by atoms with Crippen LogP contribution in [0.25, 0.3) is 0 Å². The van der Waals surface area contributed by atoms with Gasteiger partial charge in [-0.15, -0.1) is 0 Å². The van der Waals surface area contributed by atoms with Gasteiger partial charge in [-0.25, -0.2) is 4.99 Å². The first-order valence-electron chi connectivity index (χ1n) is 10.9. The Morgan fingerprint density at radius 3 is 2.25 bits per heavy atom. The average molecular weight is 460 g/mol. The molecule has 1 saturated carbocycles. The Bertz CT molecular complexity index is 1020. The second-order valence-corrected chi connectivity index (χ2v) is 10.2. The lowest BCUT2D eigenvalue weighted by molar-refractivity contribution is -0.137. The predicted molar refractivity (Wildman–Crippen MR) is 128 cm³/mol. The van der Waals surface area contributed by atoms with Gasteiger partial charge in [0.05, 0.1) is 5.56 Å². The van der Waals surface area contributed by atoms with Crippen LogP contribution in [0, 0.1) is 11.3 Å². The van der Waals surface area contributed by atoms with E-state index in [1.807, 2.05) is 30.3 Å². The van der Waals surface area contributed by atoms with Crippen LogP contribution in [0.2, 0.25) is 0 Å². The molecule has 1 N–H and O–H groups in total. The van der Waals surface area contributed by atoms with E-state index in [4.69, 9.17) is 12.2 Å². The Balaban J connectivity index is 1.70. The van der Waals surface area contributed by atoms with E-state index in [-0.39, 0.29) is 5.41 Å². The maximum absolute atomic E-state index is 13.2. The van der Waals surface area contributed by atoms with E-state index >= 15 is 0 Å². The van der Waals surface area contributed by atoms with Crippen LogP contribution in [0.4, 0.5) is 24.5 Å². The first kappa shape index (κ1) is 22.8. The summed E-state index contributed by atoms with van der Waals surface area (Å²) < 4.78 is 39.7. The summed E-state index contributed by atoms with van der Waals surface area (Å²) in [5.74, 6) is 1.20. The fourth-order valence-corrected chi connectivity index (χ4v) is 5.32. The summed E-state index contributed by atoms with van der Waals surface area (Å²) in [6, 6.07) is 15.2. The number of hydrogen-bond acceptors (Lipinski definition) is 2. The van der Waals surface area contributed by atoms with Crippen molar-refractivity contribution in [2.24, 2.45) is 16.3 Å². The van der Waals surface area contributed by atoms with Crippen molar-refractivity contribution >= 4 is 34.5 Å². The van der Waals surface area contributed by atoms with Gasteiger partial charge in [-0.3, -0.25) is 0 Å². The number of amidine groups is 1. The minimum Gasteiger partial charge on any atom is -0.342 e. The van der Waals surface area contributed by atoms with Gasteiger partial charge in [0.1, 0.15) is 11.4 Å². The largest absolute Gasteiger partial charge is 0.416 e. The zero-order chi connectivity index (χ0) is 23.1. The van der Waals surface area contributed by atoms with E-state index < -0.39 is 17.3 Å². The molecule has 2 aliphatic rings. The fourth-order valence-electron chi connectivity index (χ4n) is 4.95. The van der Waals surface area contributed by atoms with Gasteiger partial charge < -0.3 is 10.2 Å². The van der Waals surface area contributed by atoms with Crippen LogP contribution in [0.15, 0.2) is 59.6 Å². The number of rotatable bonds is 2. The smallest absolute Gasteiger partial charge is 0.342 e. The number of nitrogens with zero attached hydrogens (tertiary/aromatic N) is 2. The molecule has 3 nitrogen and oxygen atoms in total.